The second-order valence-electron chi connectivity index (χ2n) is 7.51. The number of carbonyl (C=O) groups excluding carboxylic acids is 1. The van der Waals surface area contributed by atoms with Crippen molar-refractivity contribution >= 4 is 5.91 Å². The van der Waals surface area contributed by atoms with E-state index in [0.29, 0.717) is 12.6 Å². The van der Waals surface area contributed by atoms with Crippen molar-refractivity contribution in [3.8, 4) is 0 Å². The van der Waals surface area contributed by atoms with E-state index in [-0.39, 0.29) is 18.1 Å². The molecule has 24 heavy (non-hydrogen) atoms. The number of hydrogen-bond acceptors (Lipinski definition) is 4. The van der Waals surface area contributed by atoms with Gasteiger partial charge in [-0.2, -0.15) is 0 Å². The van der Waals surface area contributed by atoms with Gasteiger partial charge in [-0.3, -0.25) is 14.6 Å². The van der Waals surface area contributed by atoms with E-state index in [1.807, 2.05) is 13.8 Å². The molecule has 1 aliphatic carbocycles. The summed E-state index contributed by atoms with van der Waals surface area (Å²) in [5, 5.41) is 12.7. The van der Waals surface area contributed by atoms with Gasteiger partial charge in [0.05, 0.1) is 12.1 Å². The molecule has 5 nitrogen and oxygen atoms in total. The van der Waals surface area contributed by atoms with E-state index in [4.69, 9.17) is 0 Å². The van der Waals surface area contributed by atoms with Crippen LogP contribution in [0.25, 0.3) is 0 Å². The summed E-state index contributed by atoms with van der Waals surface area (Å²) >= 11 is 0. The second-order valence-corrected chi connectivity index (χ2v) is 7.51. The number of allylic oxidation sites excluding steroid dienone is 1. The van der Waals surface area contributed by atoms with Crippen molar-refractivity contribution in [1.29, 1.82) is 0 Å². The third-order valence-corrected chi connectivity index (χ3v) is 5.35. The number of hydrogen-bond donors (Lipinski definition) is 2. The molecule has 1 saturated heterocycles. The van der Waals surface area contributed by atoms with Crippen LogP contribution in [0.1, 0.15) is 52.9 Å². The fraction of sp³-hybridized carbons (Fsp3) is 0.842. The van der Waals surface area contributed by atoms with Crippen LogP contribution in [0.3, 0.4) is 0 Å². The lowest BCUT2D eigenvalue weighted by Gasteiger charge is -2.42. The number of carbonyl (C=O) groups is 1. The molecule has 5 heteroatoms. The zero-order valence-electron chi connectivity index (χ0n) is 15.6. The van der Waals surface area contributed by atoms with E-state index in [0.717, 1.165) is 32.6 Å². The van der Waals surface area contributed by atoms with E-state index in [9.17, 15) is 9.90 Å². The summed E-state index contributed by atoms with van der Waals surface area (Å²) in [5.74, 6) is 0.141. The van der Waals surface area contributed by atoms with Gasteiger partial charge in [0.25, 0.3) is 0 Å². The molecular formula is C19H35N3O2. The van der Waals surface area contributed by atoms with Crippen molar-refractivity contribution in [2.75, 3.05) is 32.7 Å². The highest BCUT2D eigenvalue weighted by Crippen LogP contribution is 2.19. The van der Waals surface area contributed by atoms with Crippen LogP contribution in [0.5, 0.6) is 0 Å². The Morgan fingerprint density at radius 1 is 1.38 bits per heavy atom. The molecule has 0 aromatic rings. The number of amides is 1. The van der Waals surface area contributed by atoms with Crippen LogP contribution in [-0.4, -0.2) is 71.7 Å². The summed E-state index contributed by atoms with van der Waals surface area (Å²) in [6.07, 6.45) is 8.06. The van der Waals surface area contributed by atoms with Crippen molar-refractivity contribution in [2.45, 2.75) is 71.1 Å². The molecule has 2 N–H and O–H groups in total. The minimum atomic E-state index is -0.297. The minimum absolute atomic E-state index is 0.0820. The predicted octanol–water partition coefficient (Wildman–Crippen LogP) is 1.77. The van der Waals surface area contributed by atoms with Gasteiger partial charge >= 0.3 is 0 Å². The third-order valence-electron chi connectivity index (χ3n) is 5.35. The zero-order valence-corrected chi connectivity index (χ0v) is 15.6. The molecular weight excluding hydrogens is 302 g/mol. The lowest BCUT2D eigenvalue weighted by molar-refractivity contribution is -0.127. The molecule has 0 spiro atoms. The topological polar surface area (TPSA) is 55.8 Å². The fourth-order valence-corrected chi connectivity index (χ4v) is 3.78. The second kappa shape index (κ2) is 9.54. The van der Waals surface area contributed by atoms with Crippen LogP contribution in [-0.2, 0) is 4.79 Å². The number of nitrogens with zero attached hydrogens (tertiary/aromatic N) is 2. The van der Waals surface area contributed by atoms with E-state index in [1.54, 1.807) is 0 Å². The van der Waals surface area contributed by atoms with Crippen molar-refractivity contribution in [3.63, 3.8) is 0 Å². The molecule has 138 valence electrons. The van der Waals surface area contributed by atoms with E-state index >= 15 is 0 Å². The third kappa shape index (κ3) is 5.87. The monoisotopic (exact) mass is 337 g/mol. The molecule has 0 aromatic heterocycles. The smallest absolute Gasteiger partial charge is 0.237 e. The number of rotatable bonds is 7. The van der Waals surface area contributed by atoms with Crippen LogP contribution in [0.4, 0.5) is 0 Å². The highest BCUT2D eigenvalue weighted by Gasteiger charge is 2.29. The Morgan fingerprint density at radius 3 is 2.79 bits per heavy atom. The number of aliphatic hydroxyl groups excluding tert-OH is 1. The number of aliphatic hydroxyl groups is 1. The lowest BCUT2D eigenvalue weighted by atomic mass is 9.97. The SMILES string of the molecule is C[C@H](O)CN1CCN([C@H](C)C(=O)NCCC2=CCCCC2)C[C@@H]1C. The summed E-state index contributed by atoms with van der Waals surface area (Å²) in [5.41, 5.74) is 1.51. The molecule has 0 radical (unpaired) electrons. The Kier molecular flexibility index (Phi) is 7.72. The maximum absolute atomic E-state index is 12.4. The molecule has 1 heterocycles. The maximum Gasteiger partial charge on any atom is 0.237 e. The Labute approximate surface area is 147 Å². The maximum atomic E-state index is 12.4. The number of β-amino-alcohol motifs (C(OH)–C–C–N with tert-alkyl or cyclic N) is 1. The molecule has 2 rings (SSSR count). The first-order valence-electron chi connectivity index (χ1n) is 9.59. The molecule has 2 aliphatic rings. The van der Waals surface area contributed by atoms with Gasteiger partial charge in [0, 0.05) is 38.8 Å². The lowest BCUT2D eigenvalue weighted by Crippen LogP contribution is -2.58. The van der Waals surface area contributed by atoms with Gasteiger partial charge in [0.2, 0.25) is 5.91 Å². The first kappa shape index (κ1) is 19.4. The average Bonchev–Trinajstić information content (AvgIpc) is 2.56. The molecule has 0 bridgehead atoms. The Morgan fingerprint density at radius 2 is 2.17 bits per heavy atom. The minimum Gasteiger partial charge on any atom is -0.392 e. The van der Waals surface area contributed by atoms with E-state index < -0.39 is 0 Å². The van der Waals surface area contributed by atoms with Gasteiger partial charge in [0.15, 0.2) is 0 Å². The Hall–Kier alpha value is -0.910. The predicted molar refractivity (Wildman–Crippen MR) is 97.9 cm³/mol. The summed E-state index contributed by atoms with van der Waals surface area (Å²) in [7, 11) is 0. The molecule has 3 atom stereocenters. The van der Waals surface area contributed by atoms with Crippen molar-refractivity contribution in [1.82, 2.24) is 15.1 Å². The van der Waals surface area contributed by atoms with Crippen LogP contribution in [0.15, 0.2) is 11.6 Å². The Balaban J connectivity index is 1.71. The van der Waals surface area contributed by atoms with Gasteiger partial charge in [-0.1, -0.05) is 11.6 Å². The highest BCUT2D eigenvalue weighted by atomic mass is 16.3. The van der Waals surface area contributed by atoms with Crippen LogP contribution < -0.4 is 5.32 Å². The van der Waals surface area contributed by atoms with E-state index in [2.05, 4.69) is 28.1 Å². The summed E-state index contributed by atoms with van der Waals surface area (Å²) in [6, 6.07) is 0.289. The molecule has 1 amide bonds. The largest absolute Gasteiger partial charge is 0.392 e. The molecule has 0 unspecified atom stereocenters. The molecule has 0 saturated carbocycles. The number of piperazine rings is 1. The summed E-state index contributed by atoms with van der Waals surface area (Å²) in [6.45, 7) is 10.2. The van der Waals surface area contributed by atoms with Crippen LogP contribution in [0.2, 0.25) is 0 Å². The van der Waals surface area contributed by atoms with Crippen molar-refractivity contribution < 1.29 is 9.90 Å². The van der Waals surface area contributed by atoms with Gasteiger partial charge < -0.3 is 10.4 Å². The quantitative estimate of drug-likeness (QED) is 0.695. The summed E-state index contributed by atoms with van der Waals surface area (Å²) in [4.78, 5) is 17.0. The highest BCUT2D eigenvalue weighted by molar-refractivity contribution is 5.81. The Bertz CT molecular complexity index is 436. The van der Waals surface area contributed by atoms with Crippen LogP contribution >= 0.6 is 0 Å². The first-order chi connectivity index (χ1) is 11.5. The normalized spacial score (nSPS) is 25.8. The average molecular weight is 338 g/mol. The van der Waals surface area contributed by atoms with Crippen molar-refractivity contribution in [3.05, 3.63) is 11.6 Å². The van der Waals surface area contributed by atoms with E-state index in [1.165, 1.54) is 31.3 Å². The summed E-state index contributed by atoms with van der Waals surface area (Å²) < 4.78 is 0. The standard InChI is InChI=1S/C19H35N3O2/c1-15-13-22(12-11-21(15)14-16(2)23)17(3)19(24)20-10-9-18-7-5-4-6-8-18/h7,15-17,23H,4-6,8-14H2,1-3H3,(H,20,24)/t15-,16-,17+/m0/s1. The first-order valence-corrected chi connectivity index (χ1v) is 9.59. The van der Waals surface area contributed by atoms with Gasteiger partial charge in [0.1, 0.15) is 0 Å². The van der Waals surface area contributed by atoms with Gasteiger partial charge in [-0.15, -0.1) is 0 Å². The van der Waals surface area contributed by atoms with Crippen molar-refractivity contribution in [2.24, 2.45) is 0 Å². The molecule has 0 aromatic carbocycles. The van der Waals surface area contributed by atoms with Gasteiger partial charge in [-0.25, -0.2) is 0 Å². The zero-order chi connectivity index (χ0) is 17.5. The molecule has 1 fully saturated rings. The van der Waals surface area contributed by atoms with Crippen LogP contribution in [0, 0.1) is 0 Å². The number of nitrogens with one attached hydrogen (secondary N) is 1. The molecule has 1 aliphatic heterocycles. The fourth-order valence-electron chi connectivity index (χ4n) is 3.78. The van der Waals surface area contributed by atoms with Gasteiger partial charge in [-0.05, 0) is 52.9 Å².